The normalized spacial score (nSPS) is 18.1. The van der Waals surface area contributed by atoms with Crippen LogP contribution in [0, 0.1) is 0 Å². The Morgan fingerprint density at radius 3 is 2.74 bits per heavy atom. The quantitative estimate of drug-likeness (QED) is 0.850. The number of halogens is 2. The van der Waals surface area contributed by atoms with Crippen LogP contribution in [-0.2, 0) is 0 Å². The van der Waals surface area contributed by atoms with Crippen LogP contribution in [0.1, 0.15) is 0 Å². The molecule has 1 aliphatic heterocycles. The molecular weight excluding hydrogens is 256 g/mol. The van der Waals surface area contributed by atoms with Gasteiger partial charge in [-0.25, -0.2) is 8.78 Å². The lowest BCUT2D eigenvalue weighted by molar-refractivity contribution is 0.0263. The number of hydrogen-bond donors (Lipinski definition) is 1. The average molecular weight is 273 g/mol. The molecule has 106 valence electrons. The number of ether oxygens (including phenoxy) is 2. The van der Waals surface area contributed by atoms with E-state index in [4.69, 9.17) is 14.6 Å². The van der Waals surface area contributed by atoms with Gasteiger partial charge in [0.05, 0.1) is 13.2 Å². The van der Waals surface area contributed by atoms with Gasteiger partial charge in [-0.15, -0.1) is 0 Å². The number of rotatable bonds is 6. The molecule has 0 saturated heterocycles. The largest absolute Gasteiger partial charge is 0.486 e. The van der Waals surface area contributed by atoms with E-state index in [0.29, 0.717) is 24.7 Å². The molecule has 1 atom stereocenters. The second-order valence-corrected chi connectivity index (χ2v) is 4.37. The lowest BCUT2D eigenvalue weighted by Gasteiger charge is -2.30. The maximum Gasteiger partial charge on any atom is 0.251 e. The van der Waals surface area contributed by atoms with Gasteiger partial charge in [-0.2, -0.15) is 0 Å². The highest BCUT2D eigenvalue weighted by Gasteiger charge is 2.24. The minimum Gasteiger partial charge on any atom is -0.486 e. The fraction of sp³-hybridized carbons (Fsp3) is 0.538. The minimum atomic E-state index is -2.43. The molecule has 0 amide bonds. The van der Waals surface area contributed by atoms with Crippen LogP contribution in [0.2, 0.25) is 0 Å². The maximum absolute atomic E-state index is 12.4. The van der Waals surface area contributed by atoms with Crippen LogP contribution < -0.4 is 9.47 Å². The third kappa shape index (κ3) is 4.04. The van der Waals surface area contributed by atoms with E-state index in [9.17, 15) is 8.78 Å². The number of nitrogens with zero attached hydrogens (tertiary/aromatic N) is 1. The molecule has 0 spiro atoms. The summed E-state index contributed by atoms with van der Waals surface area (Å²) in [5.41, 5.74) is 0. The number of aliphatic hydroxyl groups excluding tert-OH is 1. The first kappa shape index (κ1) is 14.0. The highest BCUT2D eigenvalue weighted by molar-refractivity contribution is 5.40. The van der Waals surface area contributed by atoms with Crippen molar-refractivity contribution >= 4 is 0 Å². The molecule has 4 nitrogen and oxygen atoms in total. The van der Waals surface area contributed by atoms with Crippen molar-refractivity contribution in [1.82, 2.24) is 4.90 Å². The molecule has 0 aliphatic carbocycles. The zero-order valence-electron chi connectivity index (χ0n) is 10.5. The topological polar surface area (TPSA) is 41.9 Å². The first-order valence-electron chi connectivity index (χ1n) is 6.19. The summed E-state index contributed by atoms with van der Waals surface area (Å²) in [5, 5.41) is 8.88. The van der Waals surface area contributed by atoms with Crippen LogP contribution in [0.3, 0.4) is 0 Å². The first-order chi connectivity index (χ1) is 9.19. The van der Waals surface area contributed by atoms with Gasteiger partial charge < -0.3 is 14.6 Å². The number of hydrogen-bond acceptors (Lipinski definition) is 4. The Labute approximate surface area is 110 Å². The van der Waals surface area contributed by atoms with Gasteiger partial charge >= 0.3 is 0 Å². The van der Waals surface area contributed by atoms with Crippen LogP contribution in [0.25, 0.3) is 0 Å². The maximum atomic E-state index is 12.4. The molecular formula is C13H17F2NO3. The van der Waals surface area contributed by atoms with Crippen LogP contribution in [0.4, 0.5) is 8.78 Å². The second-order valence-electron chi connectivity index (χ2n) is 4.37. The third-order valence-corrected chi connectivity index (χ3v) is 2.84. The molecule has 0 fully saturated rings. The number of benzene rings is 1. The van der Waals surface area contributed by atoms with Crippen LogP contribution in [-0.4, -0.2) is 55.4 Å². The first-order valence-corrected chi connectivity index (χ1v) is 6.19. The molecule has 2 rings (SSSR count). The Bertz CT molecular complexity index is 403. The highest BCUT2D eigenvalue weighted by atomic mass is 19.3. The molecule has 0 radical (unpaired) electrons. The molecule has 0 bridgehead atoms. The van der Waals surface area contributed by atoms with Crippen LogP contribution in [0.15, 0.2) is 24.3 Å². The van der Waals surface area contributed by atoms with E-state index in [1.807, 2.05) is 12.1 Å². The summed E-state index contributed by atoms with van der Waals surface area (Å²) in [6.45, 7) is 0.298. The van der Waals surface area contributed by atoms with Gasteiger partial charge in [0.1, 0.15) is 12.7 Å². The molecule has 0 aromatic heterocycles. The molecule has 19 heavy (non-hydrogen) atoms. The SMILES string of the molecule is OCCN(CC(F)F)CC1COc2ccccc2O1. The molecule has 1 aliphatic rings. The zero-order valence-corrected chi connectivity index (χ0v) is 10.5. The van der Waals surface area contributed by atoms with E-state index in [1.165, 1.54) is 4.90 Å². The Morgan fingerprint density at radius 1 is 1.32 bits per heavy atom. The van der Waals surface area contributed by atoms with Gasteiger partial charge in [0, 0.05) is 13.1 Å². The lowest BCUT2D eigenvalue weighted by atomic mass is 10.2. The molecule has 1 heterocycles. The summed E-state index contributed by atoms with van der Waals surface area (Å²) in [4.78, 5) is 1.48. The van der Waals surface area contributed by atoms with E-state index in [2.05, 4.69) is 0 Å². The van der Waals surface area contributed by atoms with Crippen LogP contribution >= 0.6 is 0 Å². The summed E-state index contributed by atoms with van der Waals surface area (Å²) < 4.78 is 36.0. The summed E-state index contributed by atoms with van der Waals surface area (Å²) in [5.74, 6) is 1.29. The molecule has 6 heteroatoms. The second kappa shape index (κ2) is 6.68. The number of fused-ring (bicyclic) bond motifs is 1. The van der Waals surface area contributed by atoms with E-state index < -0.39 is 6.43 Å². The number of alkyl halides is 2. The Hall–Kier alpha value is -1.40. The zero-order chi connectivity index (χ0) is 13.7. The van der Waals surface area contributed by atoms with Gasteiger partial charge in [0.2, 0.25) is 0 Å². The van der Waals surface area contributed by atoms with Crippen molar-refractivity contribution < 1.29 is 23.4 Å². The molecule has 1 aromatic rings. The standard InChI is InChI=1S/C13H17F2NO3/c14-13(15)8-16(5-6-17)7-10-9-18-11-3-1-2-4-12(11)19-10/h1-4,10,13,17H,5-9H2. The van der Waals surface area contributed by atoms with Gasteiger partial charge in [0.15, 0.2) is 11.5 Å². The number of aliphatic hydroxyl groups is 1. The molecule has 1 N–H and O–H groups in total. The van der Waals surface area contributed by atoms with Crippen molar-refractivity contribution in [3.8, 4) is 11.5 Å². The van der Waals surface area contributed by atoms with Crippen molar-refractivity contribution in [2.45, 2.75) is 12.5 Å². The van der Waals surface area contributed by atoms with Crippen LogP contribution in [0.5, 0.6) is 11.5 Å². The monoisotopic (exact) mass is 273 g/mol. The number of para-hydroxylation sites is 2. The van der Waals surface area contributed by atoms with Crippen molar-refractivity contribution in [2.24, 2.45) is 0 Å². The van der Waals surface area contributed by atoms with Crippen molar-refractivity contribution in [2.75, 3.05) is 32.8 Å². The van der Waals surface area contributed by atoms with E-state index >= 15 is 0 Å². The van der Waals surface area contributed by atoms with Gasteiger partial charge in [-0.05, 0) is 12.1 Å². The van der Waals surface area contributed by atoms with Crippen molar-refractivity contribution in [3.63, 3.8) is 0 Å². The smallest absolute Gasteiger partial charge is 0.251 e. The predicted octanol–water partition coefficient (Wildman–Crippen LogP) is 1.39. The Morgan fingerprint density at radius 2 is 2.05 bits per heavy atom. The Balaban J connectivity index is 1.92. The fourth-order valence-corrected chi connectivity index (χ4v) is 2.03. The highest BCUT2D eigenvalue weighted by Crippen LogP contribution is 2.30. The van der Waals surface area contributed by atoms with E-state index in [-0.39, 0.29) is 25.8 Å². The Kier molecular flexibility index (Phi) is 4.93. The van der Waals surface area contributed by atoms with Gasteiger partial charge in [-0.1, -0.05) is 12.1 Å². The summed E-state index contributed by atoms with van der Waals surface area (Å²) in [6.07, 6.45) is -2.73. The summed E-state index contributed by atoms with van der Waals surface area (Å²) in [7, 11) is 0. The van der Waals surface area contributed by atoms with E-state index in [1.54, 1.807) is 12.1 Å². The van der Waals surface area contributed by atoms with Crippen molar-refractivity contribution in [1.29, 1.82) is 0 Å². The summed E-state index contributed by atoms with van der Waals surface area (Å²) >= 11 is 0. The lowest BCUT2D eigenvalue weighted by Crippen LogP contribution is -2.43. The van der Waals surface area contributed by atoms with E-state index in [0.717, 1.165) is 0 Å². The molecule has 0 saturated carbocycles. The van der Waals surface area contributed by atoms with Crippen molar-refractivity contribution in [3.05, 3.63) is 24.3 Å². The molecule has 1 unspecified atom stereocenters. The van der Waals surface area contributed by atoms with Gasteiger partial charge in [-0.3, -0.25) is 4.90 Å². The fourth-order valence-electron chi connectivity index (χ4n) is 2.03. The minimum absolute atomic E-state index is 0.156. The van der Waals surface area contributed by atoms with Gasteiger partial charge in [0.25, 0.3) is 6.43 Å². The average Bonchev–Trinajstić information content (AvgIpc) is 2.38. The summed E-state index contributed by atoms with van der Waals surface area (Å²) in [6, 6.07) is 7.26. The molecule has 1 aromatic carbocycles. The predicted molar refractivity (Wildman–Crippen MR) is 65.9 cm³/mol. The third-order valence-electron chi connectivity index (χ3n) is 2.84.